The minimum absolute atomic E-state index is 0.104. The molecular formula is C13H18N6. The van der Waals surface area contributed by atoms with Crippen molar-refractivity contribution in [2.24, 2.45) is 5.84 Å². The molecule has 0 aromatic carbocycles. The first kappa shape index (κ1) is 13.2. The topological polar surface area (TPSA) is 88.8 Å². The molecule has 2 aromatic heterocycles. The predicted molar refractivity (Wildman–Crippen MR) is 75.6 cm³/mol. The zero-order chi connectivity index (χ0) is 13.8. The van der Waals surface area contributed by atoms with Crippen LogP contribution in [0.25, 0.3) is 0 Å². The molecule has 0 saturated carbocycles. The van der Waals surface area contributed by atoms with E-state index in [0.29, 0.717) is 11.6 Å². The van der Waals surface area contributed by atoms with Gasteiger partial charge in [0.15, 0.2) is 0 Å². The number of hydrogen-bond donors (Lipinski definition) is 3. The van der Waals surface area contributed by atoms with Crippen molar-refractivity contribution in [3.63, 3.8) is 0 Å². The van der Waals surface area contributed by atoms with Gasteiger partial charge in [0.1, 0.15) is 17.5 Å². The lowest BCUT2D eigenvalue weighted by Gasteiger charge is -2.17. The van der Waals surface area contributed by atoms with Gasteiger partial charge in [-0.2, -0.15) is 0 Å². The zero-order valence-corrected chi connectivity index (χ0v) is 11.3. The molecule has 1 atom stereocenters. The van der Waals surface area contributed by atoms with Crippen molar-refractivity contribution in [3.05, 3.63) is 41.5 Å². The van der Waals surface area contributed by atoms with Gasteiger partial charge in [-0.15, -0.1) is 0 Å². The summed E-state index contributed by atoms with van der Waals surface area (Å²) < 4.78 is 0. The Morgan fingerprint density at radius 3 is 2.58 bits per heavy atom. The quantitative estimate of drug-likeness (QED) is 0.574. The Morgan fingerprint density at radius 1 is 1.21 bits per heavy atom. The standard InChI is InChI=1S/C13H18N6/c1-8-12(17-10(3)18-13(8)19-14)16-9(2)11-5-4-6-15-7-11/h4-7,9H,14H2,1-3H3,(H2,16,17,18,19). The van der Waals surface area contributed by atoms with Crippen LogP contribution in [0.2, 0.25) is 0 Å². The van der Waals surface area contributed by atoms with E-state index in [1.807, 2.05) is 32.2 Å². The fraction of sp³-hybridized carbons (Fsp3) is 0.308. The van der Waals surface area contributed by atoms with Crippen LogP contribution in [-0.2, 0) is 0 Å². The molecule has 2 heterocycles. The van der Waals surface area contributed by atoms with Crippen LogP contribution in [0.5, 0.6) is 0 Å². The van der Waals surface area contributed by atoms with E-state index in [0.717, 1.165) is 16.9 Å². The van der Waals surface area contributed by atoms with Gasteiger partial charge in [0.05, 0.1) is 6.04 Å². The molecule has 0 amide bonds. The predicted octanol–water partition coefficient (Wildman–Crippen LogP) is 1.95. The molecule has 0 bridgehead atoms. The van der Waals surface area contributed by atoms with E-state index in [1.54, 1.807) is 6.20 Å². The average molecular weight is 258 g/mol. The summed E-state index contributed by atoms with van der Waals surface area (Å²) in [5, 5.41) is 3.36. The molecule has 6 nitrogen and oxygen atoms in total. The maximum absolute atomic E-state index is 5.45. The van der Waals surface area contributed by atoms with Gasteiger partial charge in [-0.1, -0.05) is 6.07 Å². The third-order valence-electron chi connectivity index (χ3n) is 2.93. The largest absolute Gasteiger partial charge is 0.363 e. The van der Waals surface area contributed by atoms with Crippen molar-refractivity contribution < 1.29 is 0 Å². The van der Waals surface area contributed by atoms with Gasteiger partial charge in [-0.05, 0) is 32.4 Å². The van der Waals surface area contributed by atoms with E-state index in [4.69, 9.17) is 5.84 Å². The number of aryl methyl sites for hydroxylation is 1. The molecule has 1 unspecified atom stereocenters. The Morgan fingerprint density at radius 2 is 1.95 bits per heavy atom. The second-order valence-corrected chi connectivity index (χ2v) is 4.39. The summed E-state index contributed by atoms with van der Waals surface area (Å²) in [6.45, 7) is 5.82. The van der Waals surface area contributed by atoms with Gasteiger partial charge in [-0.3, -0.25) is 4.98 Å². The molecule has 4 N–H and O–H groups in total. The Kier molecular flexibility index (Phi) is 3.91. The Labute approximate surface area is 112 Å². The van der Waals surface area contributed by atoms with Gasteiger partial charge < -0.3 is 10.7 Å². The average Bonchev–Trinajstić information content (AvgIpc) is 2.43. The van der Waals surface area contributed by atoms with Crippen LogP contribution >= 0.6 is 0 Å². The van der Waals surface area contributed by atoms with Gasteiger partial charge in [0, 0.05) is 18.0 Å². The fourth-order valence-corrected chi connectivity index (χ4v) is 1.83. The zero-order valence-electron chi connectivity index (χ0n) is 11.3. The summed E-state index contributed by atoms with van der Waals surface area (Å²) in [4.78, 5) is 12.8. The van der Waals surface area contributed by atoms with Crippen LogP contribution in [-0.4, -0.2) is 15.0 Å². The normalized spacial score (nSPS) is 12.0. The molecule has 0 spiro atoms. The number of nitrogens with two attached hydrogens (primary N) is 1. The number of hydrazine groups is 1. The van der Waals surface area contributed by atoms with Crippen molar-refractivity contribution in [3.8, 4) is 0 Å². The Balaban J connectivity index is 2.26. The third-order valence-corrected chi connectivity index (χ3v) is 2.93. The highest BCUT2D eigenvalue weighted by Crippen LogP contribution is 2.23. The van der Waals surface area contributed by atoms with E-state index in [2.05, 4.69) is 32.6 Å². The van der Waals surface area contributed by atoms with Gasteiger partial charge in [0.25, 0.3) is 0 Å². The van der Waals surface area contributed by atoms with Crippen molar-refractivity contribution in [1.82, 2.24) is 15.0 Å². The number of anilines is 2. The van der Waals surface area contributed by atoms with E-state index >= 15 is 0 Å². The molecule has 0 aliphatic heterocycles. The molecule has 2 aromatic rings. The van der Waals surface area contributed by atoms with Crippen molar-refractivity contribution >= 4 is 11.6 Å². The van der Waals surface area contributed by atoms with Gasteiger partial charge in [0.2, 0.25) is 0 Å². The minimum Gasteiger partial charge on any atom is -0.363 e. The maximum Gasteiger partial charge on any atom is 0.148 e. The van der Waals surface area contributed by atoms with Crippen molar-refractivity contribution in [2.45, 2.75) is 26.8 Å². The van der Waals surface area contributed by atoms with Crippen LogP contribution in [0.1, 0.15) is 29.9 Å². The van der Waals surface area contributed by atoms with Gasteiger partial charge in [-0.25, -0.2) is 15.8 Å². The number of aromatic nitrogens is 3. The first-order valence-corrected chi connectivity index (χ1v) is 6.10. The minimum atomic E-state index is 0.104. The van der Waals surface area contributed by atoms with Crippen molar-refractivity contribution in [1.29, 1.82) is 0 Å². The molecule has 0 radical (unpaired) electrons. The lowest BCUT2D eigenvalue weighted by atomic mass is 10.1. The highest BCUT2D eigenvalue weighted by molar-refractivity contribution is 5.57. The van der Waals surface area contributed by atoms with Crippen LogP contribution in [0.3, 0.4) is 0 Å². The van der Waals surface area contributed by atoms with Crippen LogP contribution in [0.15, 0.2) is 24.5 Å². The second-order valence-electron chi connectivity index (χ2n) is 4.39. The number of nitrogens with zero attached hydrogens (tertiary/aromatic N) is 3. The number of nitrogens with one attached hydrogen (secondary N) is 2. The Bertz CT molecular complexity index is 555. The molecular weight excluding hydrogens is 240 g/mol. The number of nitrogen functional groups attached to an aromatic ring is 1. The first-order chi connectivity index (χ1) is 9.11. The van der Waals surface area contributed by atoms with Crippen LogP contribution < -0.4 is 16.6 Å². The molecule has 19 heavy (non-hydrogen) atoms. The summed E-state index contributed by atoms with van der Waals surface area (Å²) in [6.07, 6.45) is 3.59. The summed E-state index contributed by atoms with van der Waals surface area (Å²) in [6, 6.07) is 4.04. The summed E-state index contributed by atoms with van der Waals surface area (Å²) in [5.41, 5.74) is 4.58. The monoisotopic (exact) mass is 258 g/mol. The molecule has 6 heteroatoms. The SMILES string of the molecule is Cc1nc(NN)c(C)c(NC(C)c2cccnc2)n1. The molecule has 0 aliphatic rings. The van der Waals surface area contributed by atoms with E-state index in [9.17, 15) is 0 Å². The van der Waals surface area contributed by atoms with Crippen molar-refractivity contribution in [2.75, 3.05) is 10.7 Å². The number of hydrogen-bond acceptors (Lipinski definition) is 6. The lowest BCUT2D eigenvalue weighted by molar-refractivity contribution is 0.855. The maximum atomic E-state index is 5.45. The first-order valence-electron chi connectivity index (χ1n) is 6.10. The second kappa shape index (κ2) is 5.62. The molecule has 2 rings (SSSR count). The third kappa shape index (κ3) is 2.97. The molecule has 0 fully saturated rings. The highest BCUT2D eigenvalue weighted by atomic mass is 15.3. The van der Waals surface area contributed by atoms with Crippen LogP contribution in [0.4, 0.5) is 11.6 Å². The lowest BCUT2D eigenvalue weighted by Crippen LogP contribution is -2.15. The summed E-state index contributed by atoms with van der Waals surface area (Å²) in [7, 11) is 0. The summed E-state index contributed by atoms with van der Waals surface area (Å²) in [5.74, 6) is 7.53. The fourth-order valence-electron chi connectivity index (χ4n) is 1.83. The van der Waals surface area contributed by atoms with Crippen LogP contribution in [0, 0.1) is 13.8 Å². The number of pyridine rings is 1. The smallest absolute Gasteiger partial charge is 0.148 e. The number of rotatable bonds is 4. The Hall–Kier alpha value is -2.21. The summed E-state index contributed by atoms with van der Waals surface area (Å²) >= 11 is 0. The van der Waals surface area contributed by atoms with E-state index < -0.39 is 0 Å². The molecule has 0 saturated heterocycles. The molecule has 100 valence electrons. The highest BCUT2D eigenvalue weighted by Gasteiger charge is 2.12. The van der Waals surface area contributed by atoms with Gasteiger partial charge >= 0.3 is 0 Å². The van der Waals surface area contributed by atoms with E-state index in [-0.39, 0.29) is 6.04 Å². The molecule has 0 aliphatic carbocycles. The van der Waals surface area contributed by atoms with E-state index in [1.165, 1.54) is 0 Å².